The first-order chi connectivity index (χ1) is 4.83. The van der Waals surface area contributed by atoms with Crippen molar-refractivity contribution in [2.75, 3.05) is 0 Å². The number of nitrogens with one attached hydrogen (secondary N) is 1. The van der Waals surface area contributed by atoms with Gasteiger partial charge in [-0.15, -0.1) is 0 Å². The van der Waals surface area contributed by atoms with E-state index in [0.29, 0.717) is 13.0 Å². The highest BCUT2D eigenvalue weighted by atomic mass is 16.5. The quantitative estimate of drug-likeness (QED) is 0.545. The van der Waals surface area contributed by atoms with Crippen molar-refractivity contribution in [3.8, 4) is 6.07 Å². The molecule has 0 spiro atoms. The van der Waals surface area contributed by atoms with Gasteiger partial charge < -0.3 is 0 Å². The van der Waals surface area contributed by atoms with Gasteiger partial charge in [0.05, 0.1) is 12.5 Å². The Labute approximate surface area is 56.4 Å². The number of nitriles is 1. The summed E-state index contributed by atoms with van der Waals surface area (Å²) in [6.07, 6.45) is 1.62. The standard InChI is InChI=1S/C5H5N3O2/c6-2-1-3-8-4-5(9)10-7-8/h4H,1,3H2/p+1. The van der Waals surface area contributed by atoms with Crippen LogP contribution in [0.1, 0.15) is 6.42 Å². The molecule has 0 saturated heterocycles. The van der Waals surface area contributed by atoms with Crippen LogP contribution in [-0.2, 0) is 6.54 Å². The monoisotopic (exact) mass is 140 g/mol. The fourth-order valence-electron chi connectivity index (χ4n) is 0.564. The largest absolute Gasteiger partial charge is 0.426 e. The van der Waals surface area contributed by atoms with E-state index in [-0.39, 0.29) is 0 Å². The van der Waals surface area contributed by atoms with Crippen molar-refractivity contribution in [1.29, 1.82) is 5.26 Å². The van der Waals surface area contributed by atoms with E-state index in [1.165, 1.54) is 10.9 Å². The van der Waals surface area contributed by atoms with Crippen molar-refractivity contribution in [3.63, 3.8) is 0 Å². The first-order valence-corrected chi connectivity index (χ1v) is 2.78. The van der Waals surface area contributed by atoms with E-state index in [0.717, 1.165) is 0 Å². The molecule has 0 aliphatic rings. The summed E-state index contributed by atoms with van der Waals surface area (Å²) in [5.74, 6) is 0. The zero-order chi connectivity index (χ0) is 7.40. The molecule has 1 heterocycles. The fourth-order valence-corrected chi connectivity index (χ4v) is 0.564. The molecular weight excluding hydrogens is 134 g/mol. The average molecular weight is 140 g/mol. The molecular formula is C5H6N3O2+. The first-order valence-electron chi connectivity index (χ1n) is 2.78. The van der Waals surface area contributed by atoms with Gasteiger partial charge in [0.2, 0.25) is 0 Å². The van der Waals surface area contributed by atoms with E-state index < -0.39 is 5.63 Å². The van der Waals surface area contributed by atoms with Gasteiger partial charge in [-0.25, -0.2) is 4.79 Å². The average Bonchev–Trinajstić information content (AvgIpc) is 2.31. The Morgan fingerprint density at radius 1 is 1.90 bits per heavy atom. The maximum Gasteiger partial charge on any atom is 0.426 e. The summed E-state index contributed by atoms with van der Waals surface area (Å²) >= 11 is 0. The second kappa shape index (κ2) is 2.82. The van der Waals surface area contributed by atoms with Crippen LogP contribution in [0.15, 0.2) is 15.5 Å². The predicted molar refractivity (Wildman–Crippen MR) is 29.8 cm³/mol. The number of hydrogen-bond donors (Lipinski definition) is 1. The normalized spacial score (nSPS) is 9.10. The zero-order valence-corrected chi connectivity index (χ0v) is 5.20. The number of nitrogens with zero attached hydrogens (tertiary/aromatic N) is 2. The summed E-state index contributed by atoms with van der Waals surface area (Å²) in [5, 5.41) is 10.5. The second-order valence-corrected chi connectivity index (χ2v) is 1.74. The molecule has 0 aliphatic heterocycles. The molecule has 1 rings (SSSR count). The van der Waals surface area contributed by atoms with E-state index in [4.69, 9.17) is 5.26 Å². The third kappa shape index (κ3) is 1.45. The summed E-state index contributed by atoms with van der Waals surface area (Å²) in [6.45, 7) is 0.461. The van der Waals surface area contributed by atoms with Gasteiger partial charge in [-0.2, -0.15) is 5.26 Å². The van der Waals surface area contributed by atoms with Crippen LogP contribution in [0.2, 0.25) is 0 Å². The lowest BCUT2D eigenvalue weighted by molar-refractivity contribution is -0.761. The lowest BCUT2D eigenvalue weighted by atomic mass is 10.5. The number of hydrogen-bond acceptors (Lipinski definition) is 3. The maximum atomic E-state index is 10.4. The van der Waals surface area contributed by atoms with Crippen molar-refractivity contribution in [2.45, 2.75) is 13.0 Å². The molecule has 5 heteroatoms. The van der Waals surface area contributed by atoms with Crippen LogP contribution >= 0.6 is 0 Å². The minimum Gasteiger partial charge on any atom is -0.284 e. The molecule has 0 radical (unpaired) electrons. The number of aromatic amines is 1. The Morgan fingerprint density at radius 2 is 2.70 bits per heavy atom. The lowest BCUT2D eigenvalue weighted by Crippen LogP contribution is -2.35. The Balaban J connectivity index is 2.61. The molecule has 0 aromatic carbocycles. The molecule has 0 amide bonds. The van der Waals surface area contributed by atoms with Crippen molar-refractivity contribution < 1.29 is 9.20 Å². The number of aromatic nitrogens is 2. The number of aryl methyl sites for hydroxylation is 1. The van der Waals surface area contributed by atoms with Gasteiger partial charge in [-0.1, -0.05) is 4.68 Å². The molecule has 0 saturated carbocycles. The van der Waals surface area contributed by atoms with Gasteiger partial charge in [0.25, 0.3) is 6.20 Å². The first kappa shape index (κ1) is 6.55. The van der Waals surface area contributed by atoms with Crippen LogP contribution in [0.4, 0.5) is 0 Å². The highest BCUT2D eigenvalue weighted by Gasteiger charge is 2.02. The van der Waals surface area contributed by atoms with Gasteiger partial charge in [0.15, 0.2) is 6.54 Å². The molecule has 5 nitrogen and oxygen atoms in total. The van der Waals surface area contributed by atoms with Crippen molar-refractivity contribution >= 4 is 0 Å². The van der Waals surface area contributed by atoms with Crippen LogP contribution in [-0.4, -0.2) is 5.27 Å². The van der Waals surface area contributed by atoms with Crippen LogP contribution in [0.5, 0.6) is 0 Å². The SMILES string of the molecule is N#CCC[n+]1cc(=O)o[nH]1. The smallest absolute Gasteiger partial charge is 0.284 e. The fraction of sp³-hybridized carbons (Fsp3) is 0.400. The molecule has 1 N–H and O–H groups in total. The van der Waals surface area contributed by atoms with Gasteiger partial charge in [0.1, 0.15) is 0 Å². The third-order valence-corrected chi connectivity index (χ3v) is 0.989. The van der Waals surface area contributed by atoms with Crippen LogP contribution in [0, 0.1) is 11.3 Å². The van der Waals surface area contributed by atoms with Gasteiger partial charge in [-0.3, -0.25) is 4.52 Å². The number of H-pyrrole nitrogens is 1. The molecule has 0 fully saturated rings. The topological polar surface area (TPSA) is 73.7 Å². The van der Waals surface area contributed by atoms with Crippen molar-refractivity contribution in [2.24, 2.45) is 0 Å². The third-order valence-electron chi connectivity index (χ3n) is 0.989. The summed E-state index contributed by atoms with van der Waals surface area (Å²) < 4.78 is 5.76. The molecule has 0 aliphatic carbocycles. The Kier molecular flexibility index (Phi) is 1.85. The summed E-state index contributed by atoms with van der Waals surface area (Å²) in [7, 11) is 0. The maximum absolute atomic E-state index is 10.4. The summed E-state index contributed by atoms with van der Waals surface area (Å²) in [5.41, 5.74) is -0.432. The molecule has 10 heavy (non-hydrogen) atoms. The van der Waals surface area contributed by atoms with Crippen molar-refractivity contribution in [3.05, 3.63) is 16.6 Å². The van der Waals surface area contributed by atoms with Gasteiger partial charge in [-0.05, 0) is 5.27 Å². The van der Waals surface area contributed by atoms with E-state index in [1.54, 1.807) is 0 Å². The molecule has 52 valence electrons. The van der Waals surface area contributed by atoms with Crippen LogP contribution < -0.4 is 10.3 Å². The minimum atomic E-state index is -0.432. The van der Waals surface area contributed by atoms with Crippen LogP contribution in [0.3, 0.4) is 0 Å². The Hall–Kier alpha value is -1.57. The summed E-state index contributed by atoms with van der Waals surface area (Å²) in [6, 6.07) is 1.94. The minimum absolute atomic E-state index is 0.361. The second-order valence-electron chi connectivity index (χ2n) is 1.74. The van der Waals surface area contributed by atoms with E-state index >= 15 is 0 Å². The zero-order valence-electron chi connectivity index (χ0n) is 5.20. The molecule has 0 unspecified atom stereocenters. The van der Waals surface area contributed by atoms with E-state index in [1.807, 2.05) is 6.07 Å². The molecule has 0 atom stereocenters. The van der Waals surface area contributed by atoms with Crippen molar-refractivity contribution in [1.82, 2.24) is 5.27 Å². The van der Waals surface area contributed by atoms with Crippen LogP contribution in [0.25, 0.3) is 0 Å². The van der Waals surface area contributed by atoms with Gasteiger partial charge >= 0.3 is 5.63 Å². The Morgan fingerprint density at radius 3 is 3.20 bits per heavy atom. The predicted octanol–water partition coefficient (Wildman–Crippen LogP) is -0.831. The van der Waals surface area contributed by atoms with E-state index in [2.05, 4.69) is 9.79 Å². The molecule has 1 aromatic rings. The van der Waals surface area contributed by atoms with Gasteiger partial charge in [0, 0.05) is 0 Å². The Bertz CT molecular complexity index is 292. The summed E-state index contributed by atoms with van der Waals surface area (Å²) in [4.78, 5) is 10.4. The molecule has 1 aromatic heterocycles. The highest BCUT2D eigenvalue weighted by Crippen LogP contribution is 1.70. The molecule has 0 bridgehead atoms. The number of rotatable bonds is 2. The lowest BCUT2D eigenvalue weighted by Gasteiger charge is -1.77. The highest BCUT2D eigenvalue weighted by molar-refractivity contribution is 4.64. The van der Waals surface area contributed by atoms with E-state index in [9.17, 15) is 4.79 Å².